The van der Waals surface area contributed by atoms with E-state index in [-0.39, 0.29) is 0 Å². The highest BCUT2D eigenvalue weighted by molar-refractivity contribution is 7.16. The molecule has 0 amide bonds. The summed E-state index contributed by atoms with van der Waals surface area (Å²) in [5, 5.41) is 3.74. The highest BCUT2D eigenvalue weighted by Crippen LogP contribution is 2.14. The molecular weight excluding hydrogens is 138 g/mol. The van der Waals surface area contributed by atoms with Crippen molar-refractivity contribution in [3.8, 4) is 0 Å². The van der Waals surface area contributed by atoms with Gasteiger partial charge in [-0.05, 0) is 12.5 Å². The van der Waals surface area contributed by atoms with Crippen molar-refractivity contribution in [2.45, 2.75) is 13.0 Å². The monoisotopic (exact) mass is 146 g/mol. The zero-order chi connectivity index (χ0) is 6.85. The lowest BCUT2D eigenvalue weighted by Crippen LogP contribution is -1.94. The minimum atomic E-state index is -1.10. The Morgan fingerprint density at radius 1 is 1.89 bits per heavy atom. The first-order valence-electron chi connectivity index (χ1n) is 2.60. The topological polar surface area (TPSA) is 17.8 Å². The summed E-state index contributed by atoms with van der Waals surface area (Å²) in [4.78, 5) is 0. The van der Waals surface area contributed by atoms with Crippen molar-refractivity contribution in [1.29, 1.82) is 0 Å². The zero-order valence-electron chi connectivity index (χ0n) is 5.08. The van der Waals surface area contributed by atoms with E-state index in [2.05, 4.69) is 5.10 Å². The highest BCUT2D eigenvalue weighted by atomic mass is 31.0. The molecular formula is C5H8FN2P. The van der Waals surface area contributed by atoms with E-state index in [0.29, 0.717) is 0 Å². The fraction of sp³-hybridized carbons (Fsp3) is 0.400. The highest BCUT2D eigenvalue weighted by Gasteiger charge is 1.99. The van der Waals surface area contributed by atoms with Gasteiger partial charge in [-0.1, -0.05) is 9.24 Å². The summed E-state index contributed by atoms with van der Waals surface area (Å²) < 4.78 is 13.6. The summed E-state index contributed by atoms with van der Waals surface area (Å²) in [5.41, 5.74) is 0.972. The lowest BCUT2D eigenvalue weighted by molar-refractivity contribution is 0.333. The average molecular weight is 146 g/mol. The first-order chi connectivity index (χ1) is 4.20. The van der Waals surface area contributed by atoms with Gasteiger partial charge in [0.1, 0.15) is 0 Å². The summed E-state index contributed by atoms with van der Waals surface area (Å²) >= 11 is 0. The number of aryl methyl sites for hydroxylation is 1. The summed E-state index contributed by atoms with van der Waals surface area (Å²) in [7, 11) is 2.02. The van der Waals surface area contributed by atoms with E-state index in [1.54, 1.807) is 12.4 Å². The maximum Gasteiger partial charge on any atom is 0.203 e. The standard InChI is InChI=1S/C5H8FN2P/c1-4-2-7-8(3-4)5(6)9/h2-3,5H,9H2,1H3. The fourth-order valence-electron chi connectivity index (χ4n) is 0.568. The molecule has 0 aliphatic heterocycles. The van der Waals surface area contributed by atoms with Gasteiger partial charge in [-0.3, -0.25) is 0 Å². The van der Waals surface area contributed by atoms with Gasteiger partial charge in [0, 0.05) is 6.20 Å². The maximum atomic E-state index is 12.3. The van der Waals surface area contributed by atoms with E-state index >= 15 is 0 Å². The Balaban J connectivity index is 2.85. The molecule has 9 heavy (non-hydrogen) atoms. The molecule has 2 unspecified atom stereocenters. The second-order valence-corrected chi connectivity index (χ2v) is 2.42. The van der Waals surface area contributed by atoms with Crippen molar-refractivity contribution >= 4 is 9.24 Å². The van der Waals surface area contributed by atoms with Gasteiger partial charge in [-0.25, -0.2) is 9.07 Å². The van der Waals surface area contributed by atoms with Crippen LogP contribution in [0.1, 0.15) is 11.6 Å². The molecule has 4 heteroatoms. The lowest BCUT2D eigenvalue weighted by Gasteiger charge is -1.97. The molecule has 0 aliphatic rings. The Hall–Kier alpha value is -0.430. The van der Waals surface area contributed by atoms with Crippen LogP contribution in [-0.2, 0) is 0 Å². The Bertz CT molecular complexity index is 197. The molecule has 2 atom stereocenters. The molecule has 0 radical (unpaired) electrons. The molecule has 0 aliphatic carbocycles. The average Bonchev–Trinajstić information content (AvgIpc) is 2.14. The first kappa shape index (κ1) is 6.69. The number of halogens is 1. The van der Waals surface area contributed by atoms with Crippen LogP contribution in [0.2, 0.25) is 0 Å². The van der Waals surface area contributed by atoms with Gasteiger partial charge in [0.15, 0.2) is 0 Å². The number of hydrogen-bond acceptors (Lipinski definition) is 1. The Kier molecular flexibility index (Phi) is 1.81. The largest absolute Gasteiger partial charge is 0.236 e. The van der Waals surface area contributed by atoms with Crippen molar-refractivity contribution < 1.29 is 4.39 Å². The van der Waals surface area contributed by atoms with E-state index in [1.807, 2.05) is 16.2 Å². The van der Waals surface area contributed by atoms with Crippen molar-refractivity contribution in [2.24, 2.45) is 0 Å². The Morgan fingerprint density at radius 3 is 2.78 bits per heavy atom. The van der Waals surface area contributed by atoms with Gasteiger partial charge < -0.3 is 0 Å². The molecule has 0 spiro atoms. The zero-order valence-corrected chi connectivity index (χ0v) is 6.24. The molecule has 0 saturated heterocycles. The van der Waals surface area contributed by atoms with Crippen LogP contribution in [0.15, 0.2) is 12.4 Å². The number of nitrogens with zero attached hydrogens (tertiary/aromatic N) is 2. The van der Waals surface area contributed by atoms with Gasteiger partial charge >= 0.3 is 0 Å². The third-order valence-electron chi connectivity index (χ3n) is 0.983. The molecule has 1 rings (SSSR count). The van der Waals surface area contributed by atoms with Crippen LogP contribution in [0.3, 0.4) is 0 Å². The minimum Gasteiger partial charge on any atom is -0.236 e. The number of hydrogen-bond donors (Lipinski definition) is 0. The summed E-state index contributed by atoms with van der Waals surface area (Å²) in [6, 6.07) is -1.10. The smallest absolute Gasteiger partial charge is 0.203 e. The minimum absolute atomic E-state index is 0.972. The SMILES string of the molecule is Cc1cnn(C(F)P)c1. The Labute approximate surface area is 55.3 Å². The van der Waals surface area contributed by atoms with Gasteiger partial charge in [0.05, 0.1) is 6.20 Å². The van der Waals surface area contributed by atoms with Gasteiger partial charge in [0.2, 0.25) is 6.04 Å². The summed E-state index contributed by atoms with van der Waals surface area (Å²) in [6.07, 6.45) is 3.27. The lowest BCUT2D eigenvalue weighted by atomic mass is 10.4. The summed E-state index contributed by atoms with van der Waals surface area (Å²) in [5.74, 6) is 0. The molecule has 0 saturated carbocycles. The predicted octanol–water partition coefficient (Wildman–Crippen LogP) is 1.49. The van der Waals surface area contributed by atoms with Crippen molar-refractivity contribution in [3.63, 3.8) is 0 Å². The molecule has 0 fully saturated rings. The first-order valence-corrected chi connectivity index (χ1v) is 3.27. The molecule has 1 aromatic rings. The van der Waals surface area contributed by atoms with Crippen LogP contribution in [0.25, 0.3) is 0 Å². The van der Waals surface area contributed by atoms with Gasteiger partial charge in [-0.15, -0.1) is 0 Å². The van der Waals surface area contributed by atoms with Gasteiger partial charge in [0.25, 0.3) is 0 Å². The van der Waals surface area contributed by atoms with Crippen molar-refractivity contribution in [2.75, 3.05) is 0 Å². The van der Waals surface area contributed by atoms with E-state index < -0.39 is 6.04 Å². The van der Waals surface area contributed by atoms with Crippen LogP contribution in [-0.4, -0.2) is 9.78 Å². The molecule has 2 nitrogen and oxygen atoms in total. The molecule has 0 N–H and O–H groups in total. The molecule has 1 aromatic heterocycles. The third-order valence-corrected chi connectivity index (χ3v) is 1.29. The van der Waals surface area contributed by atoms with Gasteiger partial charge in [-0.2, -0.15) is 5.10 Å². The van der Waals surface area contributed by atoms with Crippen molar-refractivity contribution in [1.82, 2.24) is 9.78 Å². The fourth-order valence-corrected chi connectivity index (χ4v) is 0.731. The third kappa shape index (κ3) is 1.49. The van der Waals surface area contributed by atoms with E-state index in [4.69, 9.17) is 0 Å². The molecule has 1 heterocycles. The second-order valence-electron chi connectivity index (χ2n) is 1.87. The predicted molar refractivity (Wildman–Crippen MR) is 36.8 cm³/mol. The summed E-state index contributed by atoms with van der Waals surface area (Å²) in [6.45, 7) is 1.87. The maximum absolute atomic E-state index is 12.3. The van der Waals surface area contributed by atoms with Crippen molar-refractivity contribution in [3.05, 3.63) is 18.0 Å². The van der Waals surface area contributed by atoms with Crippen LogP contribution in [0, 0.1) is 6.92 Å². The number of rotatable bonds is 1. The van der Waals surface area contributed by atoms with E-state index in [0.717, 1.165) is 5.56 Å². The van der Waals surface area contributed by atoms with E-state index in [1.165, 1.54) is 4.68 Å². The van der Waals surface area contributed by atoms with Crippen LogP contribution < -0.4 is 0 Å². The van der Waals surface area contributed by atoms with Crippen LogP contribution in [0.5, 0.6) is 0 Å². The normalized spacial score (nSPS) is 13.7. The van der Waals surface area contributed by atoms with Crippen LogP contribution in [0.4, 0.5) is 4.39 Å². The second kappa shape index (κ2) is 2.44. The molecule has 0 aromatic carbocycles. The quantitative estimate of drug-likeness (QED) is 0.549. The van der Waals surface area contributed by atoms with E-state index in [9.17, 15) is 4.39 Å². The molecule has 0 bridgehead atoms. The number of alkyl halides is 1. The molecule has 50 valence electrons. The Morgan fingerprint density at radius 2 is 2.56 bits per heavy atom. The number of aromatic nitrogens is 2. The van der Waals surface area contributed by atoms with Crippen LogP contribution >= 0.6 is 9.24 Å².